The number of hydrogen-bond acceptors (Lipinski definition) is 3. The van der Waals surface area contributed by atoms with Crippen LogP contribution in [0.4, 0.5) is 4.39 Å². The van der Waals surface area contributed by atoms with Gasteiger partial charge in [0.25, 0.3) is 0 Å². The number of nitrogens with one attached hydrogen (secondary N) is 2. The summed E-state index contributed by atoms with van der Waals surface area (Å²) in [5.74, 6) is -0.252. The minimum atomic E-state index is -3.13. The lowest BCUT2D eigenvalue weighted by Gasteiger charge is -2.15. The Labute approximate surface area is 122 Å². The standard InChI is InChI=1S/C12H18BrFN2O2S/c1-9(11-8-10(13)4-5-12(11)14)15-6-3-7-16-19(2,17)18/h4-5,8-9,15-16H,3,6-7H2,1-2H3. The summed E-state index contributed by atoms with van der Waals surface area (Å²) in [7, 11) is -3.13. The quantitative estimate of drug-likeness (QED) is 0.739. The topological polar surface area (TPSA) is 58.2 Å². The fourth-order valence-corrected chi connectivity index (χ4v) is 2.51. The first-order valence-electron chi connectivity index (χ1n) is 5.92. The maximum absolute atomic E-state index is 13.6. The molecule has 0 aliphatic heterocycles. The van der Waals surface area contributed by atoms with Gasteiger partial charge in [0.2, 0.25) is 10.0 Å². The van der Waals surface area contributed by atoms with E-state index in [2.05, 4.69) is 26.0 Å². The normalized spacial score (nSPS) is 13.5. The van der Waals surface area contributed by atoms with Crippen LogP contribution in [0.3, 0.4) is 0 Å². The highest BCUT2D eigenvalue weighted by Gasteiger charge is 2.10. The van der Waals surface area contributed by atoms with Gasteiger partial charge in [-0.1, -0.05) is 15.9 Å². The van der Waals surface area contributed by atoms with E-state index < -0.39 is 10.0 Å². The molecule has 1 aromatic carbocycles. The van der Waals surface area contributed by atoms with Gasteiger partial charge in [0.15, 0.2) is 0 Å². The molecule has 0 spiro atoms. The largest absolute Gasteiger partial charge is 0.310 e. The molecule has 0 aliphatic rings. The first kappa shape index (κ1) is 16.6. The molecule has 0 bridgehead atoms. The van der Waals surface area contributed by atoms with Crippen molar-refractivity contribution < 1.29 is 12.8 Å². The number of rotatable bonds is 7. The molecule has 7 heteroatoms. The fourth-order valence-electron chi connectivity index (χ4n) is 1.62. The van der Waals surface area contributed by atoms with Gasteiger partial charge in [-0.25, -0.2) is 17.5 Å². The highest BCUT2D eigenvalue weighted by molar-refractivity contribution is 9.10. The zero-order valence-corrected chi connectivity index (χ0v) is 13.3. The lowest BCUT2D eigenvalue weighted by atomic mass is 10.1. The molecule has 1 rings (SSSR count). The minimum absolute atomic E-state index is 0.129. The smallest absolute Gasteiger partial charge is 0.208 e. The average Bonchev–Trinajstić information content (AvgIpc) is 2.30. The van der Waals surface area contributed by atoms with E-state index in [0.717, 1.165) is 10.7 Å². The summed E-state index contributed by atoms with van der Waals surface area (Å²) in [5.41, 5.74) is 0.588. The Morgan fingerprint density at radius 3 is 2.68 bits per heavy atom. The summed E-state index contributed by atoms with van der Waals surface area (Å²) in [6.45, 7) is 2.85. The van der Waals surface area contributed by atoms with Crippen molar-refractivity contribution in [3.8, 4) is 0 Å². The van der Waals surface area contributed by atoms with Crippen LogP contribution >= 0.6 is 15.9 Å². The van der Waals surface area contributed by atoms with Crippen molar-refractivity contribution in [2.24, 2.45) is 0 Å². The summed E-state index contributed by atoms with van der Waals surface area (Å²) in [4.78, 5) is 0. The maximum Gasteiger partial charge on any atom is 0.208 e. The molecular weight excluding hydrogens is 335 g/mol. The second-order valence-corrected chi connectivity index (χ2v) is 7.11. The number of benzene rings is 1. The molecule has 19 heavy (non-hydrogen) atoms. The molecule has 0 aliphatic carbocycles. The van der Waals surface area contributed by atoms with Gasteiger partial charge in [-0.15, -0.1) is 0 Å². The molecule has 0 saturated carbocycles. The molecular formula is C12H18BrFN2O2S. The van der Waals surface area contributed by atoms with Gasteiger partial charge in [-0.3, -0.25) is 0 Å². The van der Waals surface area contributed by atoms with Crippen LogP contribution in [0.25, 0.3) is 0 Å². The third-order valence-corrected chi connectivity index (χ3v) is 3.81. The summed E-state index contributed by atoms with van der Waals surface area (Å²) in [6, 6.07) is 4.68. The lowest BCUT2D eigenvalue weighted by Crippen LogP contribution is -2.27. The summed E-state index contributed by atoms with van der Waals surface area (Å²) in [5, 5.41) is 3.16. The van der Waals surface area contributed by atoms with E-state index in [-0.39, 0.29) is 11.9 Å². The molecule has 1 atom stereocenters. The Kier molecular flexibility index (Phi) is 6.38. The fraction of sp³-hybridized carbons (Fsp3) is 0.500. The highest BCUT2D eigenvalue weighted by atomic mass is 79.9. The maximum atomic E-state index is 13.6. The van der Waals surface area contributed by atoms with Crippen molar-refractivity contribution in [2.75, 3.05) is 19.3 Å². The Morgan fingerprint density at radius 2 is 2.05 bits per heavy atom. The second kappa shape index (κ2) is 7.33. The summed E-state index contributed by atoms with van der Waals surface area (Å²) < 4.78 is 38.5. The van der Waals surface area contributed by atoms with Gasteiger partial charge in [0.1, 0.15) is 5.82 Å². The Hall–Kier alpha value is -0.500. The van der Waals surface area contributed by atoms with Crippen molar-refractivity contribution in [1.82, 2.24) is 10.0 Å². The lowest BCUT2D eigenvalue weighted by molar-refractivity contribution is 0.518. The zero-order chi connectivity index (χ0) is 14.5. The molecule has 1 unspecified atom stereocenters. The van der Waals surface area contributed by atoms with Crippen molar-refractivity contribution >= 4 is 26.0 Å². The molecule has 0 saturated heterocycles. The van der Waals surface area contributed by atoms with Gasteiger partial charge in [0.05, 0.1) is 6.26 Å². The zero-order valence-electron chi connectivity index (χ0n) is 10.9. The number of halogens is 2. The molecule has 0 heterocycles. The third kappa shape index (κ3) is 6.47. The van der Waals surface area contributed by atoms with Crippen molar-refractivity contribution in [3.63, 3.8) is 0 Å². The van der Waals surface area contributed by atoms with Crippen LogP contribution in [0, 0.1) is 5.82 Å². The van der Waals surface area contributed by atoms with E-state index >= 15 is 0 Å². The van der Waals surface area contributed by atoms with Gasteiger partial charge in [-0.2, -0.15) is 0 Å². The van der Waals surface area contributed by atoms with Crippen LogP contribution in [0.1, 0.15) is 24.9 Å². The van der Waals surface area contributed by atoms with E-state index in [9.17, 15) is 12.8 Å². The molecule has 1 aromatic rings. The predicted octanol–water partition coefficient (Wildman–Crippen LogP) is 2.18. The SMILES string of the molecule is CC(NCCCNS(C)(=O)=O)c1cc(Br)ccc1F. The molecule has 4 nitrogen and oxygen atoms in total. The average molecular weight is 353 g/mol. The van der Waals surface area contributed by atoms with Crippen molar-refractivity contribution in [2.45, 2.75) is 19.4 Å². The monoisotopic (exact) mass is 352 g/mol. The van der Waals surface area contributed by atoms with Gasteiger partial charge < -0.3 is 5.32 Å². The molecule has 0 aromatic heterocycles. The predicted molar refractivity (Wildman–Crippen MR) is 78.0 cm³/mol. The first-order valence-corrected chi connectivity index (χ1v) is 8.61. The Morgan fingerprint density at radius 1 is 1.37 bits per heavy atom. The van der Waals surface area contributed by atoms with Gasteiger partial charge >= 0.3 is 0 Å². The van der Waals surface area contributed by atoms with E-state index in [0.29, 0.717) is 25.1 Å². The highest BCUT2D eigenvalue weighted by Crippen LogP contribution is 2.21. The third-order valence-electron chi connectivity index (χ3n) is 2.59. The number of hydrogen-bond donors (Lipinski definition) is 2. The van der Waals surface area contributed by atoms with Gasteiger partial charge in [-0.05, 0) is 38.1 Å². The van der Waals surface area contributed by atoms with Crippen LogP contribution in [0.15, 0.2) is 22.7 Å². The van der Waals surface area contributed by atoms with Crippen LogP contribution in [0.2, 0.25) is 0 Å². The number of sulfonamides is 1. The molecule has 108 valence electrons. The van der Waals surface area contributed by atoms with E-state index in [4.69, 9.17) is 0 Å². The first-order chi connectivity index (χ1) is 8.79. The van der Waals surface area contributed by atoms with E-state index in [1.807, 2.05) is 6.92 Å². The van der Waals surface area contributed by atoms with Crippen LogP contribution in [-0.2, 0) is 10.0 Å². The molecule has 0 fully saturated rings. The summed E-state index contributed by atoms with van der Waals surface area (Å²) >= 11 is 3.31. The second-order valence-electron chi connectivity index (χ2n) is 4.36. The van der Waals surface area contributed by atoms with Crippen LogP contribution < -0.4 is 10.0 Å². The molecule has 0 amide bonds. The Bertz CT molecular complexity index is 522. The van der Waals surface area contributed by atoms with Gasteiger partial charge in [0, 0.05) is 22.6 Å². The van der Waals surface area contributed by atoms with E-state index in [1.165, 1.54) is 6.07 Å². The van der Waals surface area contributed by atoms with E-state index in [1.54, 1.807) is 12.1 Å². The molecule has 0 radical (unpaired) electrons. The summed E-state index contributed by atoms with van der Waals surface area (Å²) in [6.07, 6.45) is 1.77. The molecule has 2 N–H and O–H groups in total. The van der Waals surface area contributed by atoms with Crippen LogP contribution in [-0.4, -0.2) is 27.8 Å². The minimum Gasteiger partial charge on any atom is -0.310 e. The van der Waals surface area contributed by atoms with Crippen molar-refractivity contribution in [3.05, 3.63) is 34.1 Å². The van der Waals surface area contributed by atoms with Crippen LogP contribution in [0.5, 0.6) is 0 Å². The van der Waals surface area contributed by atoms with Crippen molar-refractivity contribution in [1.29, 1.82) is 0 Å². The Balaban J connectivity index is 2.39.